The van der Waals surface area contributed by atoms with E-state index in [-0.39, 0.29) is 22.6 Å². The van der Waals surface area contributed by atoms with Crippen molar-refractivity contribution in [3.8, 4) is 11.5 Å². The second kappa shape index (κ2) is 11.3. The van der Waals surface area contributed by atoms with Crippen molar-refractivity contribution in [1.82, 2.24) is 10.2 Å². The summed E-state index contributed by atoms with van der Waals surface area (Å²) in [6.45, 7) is 2.19. The summed E-state index contributed by atoms with van der Waals surface area (Å²) in [4.78, 5) is 50.6. The molecule has 0 spiro atoms. The van der Waals surface area contributed by atoms with E-state index in [9.17, 15) is 19.2 Å². The predicted molar refractivity (Wildman–Crippen MR) is 123 cm³/mol. The molecule has 1 aliphatic rings. The third kappa shape index (κ3) is 5.54. The summed E-state index contributed by atoms with van der Waals surface area (Å²) in [5, 5.41) is 2.69. The second-order valence-electron chi connectivity index (χ2n) is 7.74. The molecule has 9 heteroatoms. The standard InChI is InChI=1S/C25H28N2O7/c1-4-5-12-27-23(29)18-8-7-17(14-19(18)24(27)30)25(31)34-15-22(28)26-11-10-16-6-9-20(32-2)21(13-16)33-3/h6-9,13-14H,4-5,10-12,15H2,1-3H3,(H,26,28). The van der Waals surface area contributed by atoms with Crippen LogP contribution in [0.1, 0.15) is 56.4 Å². The minimum atomic E-state index is -0.745. The lowest BCUT2D eigenvalue weighted by Gasteiger charge is -2.12. The molecular formula is C25H28N2O7. The molecule has 180 valence electrons. The average Bonchev–Trinajstić information content (AvgIpc) is 3.09. The smallest absolute Gasteiger partial charge is 0.338 e. The topological polar surface area (TPSA) is 111 Å². The minimum absolute atomic E-state index is 0.107. The number of methoxy groups -OCH3 is 2. The van der Waals surface area contributed by atoms with Crippen molar-refractivity contribution in [3.63, 3.8) is 0 Å². The number of nitrogens with one attached hydrogen (secondary N) is 1. The maximum Gasteiger partial charge on any atom is 0.338 e. The van der Waals surface area contributed by atoms with Crippen LogP contribution in [0.3, 0.4) is 0 Å². The highest BCUT2D eigenvalue weighted by atomic mass is 16.5. The van der Waals surface area contributed by atoms with Gasteiger partial charge in [0.25, 0.3) is 17.7 Å². The number of esters is 1. The number of nitrogens with zero attached hydrogens (tertiary/aromatic N) is 1. The van der Waals surface area contributed by atoms with E-state index in [4.69, 9.17) is 14.2 Å². The van der Waals surface area contributed by atoms with E-state index in [1.807, 2.05) is 19.1 Å². The summed E-state index contributed by atoms with van der Waals surface area (Å²) in [6.07, 6.45) is 2.11. The summed E-state index contributed by atoms with van der Waals surface area (Å²) >= 11 is 0. The lowest BCUT2D eigenvalue weighted by atomic mass is 10.1. The van der Waals surface area contributed by atoms with Crippen LogP contribution in [0, 0.1) is 0 Å². The summed E-state index contributed by atoms with van der Waals surface area (Å²) in [5.74, 6) is -0.757. The quantitative estimate of drug-likeness (QED) is 0.399. The molecule has 1 N–H and O–H groups in total. The van der Waals surface area contributed by atoms with Gasteiger partial charge in [0.05, 0.1) is 30.9 Å². The van der Waals surface area contributed by atoms with Gasteiger partial charge in [0, 0.05) is 13.1 Å². The fourth-order valence-corrected chi connectivity index (χ4v) is 3.58. The molecule has 34 heavy (non-hydrogen) atoms. The maximum absolute atomic E-state index is 12.5. The van der Waals surface area contributed by atoms with Crippen LogP contribution in [0.2, 0.25) is 0 Å². The normalized spacial score (nSPS) is 12.4. The molecular weight excluding hydrogens is 440 g/mol. The van der Waals surface area contributed by atoms with E-state index in [1.54, 1.807) is 20.3 Å². The van der Waals surface area contributed by atoms with E-state index in [0.29, 0.717) is 37.4 Å². The molecule has 0 unspecified atom stereocenters. The maximum atomic E-state index is 12.5. The predicted octanol–water partition coefficient (Wildman–Crippen LogP) is 2.62. The lowest BCUT2D eigenvalue weighted by Crippen LogP contribution is -2.30. The summed E-state index contributed by atoms with van der Waals surface area (Å²) in [6, 6.07) is 9.70. The van der Waals surface area contributed by atoms with Crippen LogP contribution in [0.5, 0.6) is 11.5 Å². The molecule has 0 fully saturated rings. The highest BCUT2D eigenvalue weighted by molar-refractivity contribution is 6.22. The van der Waals surface area contributed by atoms with Crippen LogP contribution in [-0.2, 0) is 16.0 Å². The Kier molecular flexibility index (Phi) is 8.24. The van der Waals surface area contributed by atoms with E-state index in [0.717, 1.165) is 12.0 Å². The van der Waals surface area contributed by atoms with Gasteiger partial charge in [-0.25, -0.2) is 4.79 Å². The Morgan fingerprint density at radius 2 is 1.68 bits per heavy atom. The fraction of sp³-hybridized carbons (Fsp3) is 0.360. The van der Waals surface area contributed by atoms with Crippen molar-refractivity contribution < 1.29 is 33.4 Å². The molecule has 2 aromatic carbocycles. The van der Waals surface area contributed by atoms with Crippen molar-refractivity contribution in [1.29, 1.82) is 0 Å². The molecule has 0 bridgehead atoms. The largest absolute Gasteiger partial charge is 0.493 e. The highest BCUT2D eigenvalue weighted by Crippen LogP contribution is 2.27. The first kappa shape index (κ1) is 24.8. The molecule has 3 amide bonds. The molecule has 1 heterocycles. The third-order valence-electron chi connectivity index (χ3n) is 5.46. The van der Waals surface area contributed by atoms with Crippen LogP contribution in [0.4, 0.5) is 0 Å². The molecule has 9 nitrogen and oxygen atoms in total. The first-order chi connectivity index (χ1) is 16.4. The number of amides is 3. The highest BCUT2D eigenvalue weighted by Gasteiger charge is 2.35. The summed E-state index contributed by atoms with van der Waals surface area (Å²) in [7, 11) is 3.11. The fourth-order valence-electron chi connectivity index (χ4n) is 3.58. The van der Waals surface area contributed by atoms with Gasteiger partial charge in [-0.05, 0) is 48.7 Å². The molecule has 0 aliphatic carbocycles. The molecule has 2 aromatic rings. The first-order valence-electron chi connectivity index (χ1n) is 11.0. The Balaban J connectivity index is 1.50. The number of benzene rings is 2. The van der Waals surface area contributed by atoms with Crippen molar-refractivity contribution in [2.24, 2.45) is 0 Å². The summed E-state index contributed by atoms with van der Waals surface area (Å²) in [5.41, 5.74) is 1.50. The van der Waals surface area contributed by atoms with E-state index in [2.05, 4.69) is 5.32 Å². The van der Waals surface area contributed by atoms with Gasteiger partial charge in [-0.15, -0.1) is 0 Å². The number of rotatable bonds is 11. The van der Waals surface area contributed by atoms with Gasteiger partial charge in [-0.2, -0.15) is 0 Å². The van der Waals surface area contributed by atoms with Gasteiger partial charge >= 0.3 is 5.97 Å². The van der Waals surface area contributed by atoms with Crippen LogP contribution >= 0.6 is 0 Å². The third-order valence-corrected chi connectivity index (χ3v) is 5.46. The van der Waals surface area contributed by atoms with Crippen LogP contribution in [0.15, 0.2) is 36.4 Å². The van der Waals surface area contributed by atoms with Gasteiger partial charge in [0.15, 0.2) is 18.1 Å². The number of ether oxygens (including phenoxy) is 3. The molecule has 0 aromatic heterocycles. The Bertz CT molecular complexity index is 1100. The zero-order chi connectivity index (χ0) is 24.7. The van der Waals surface area contributed by atoms with E-state index >= 15 is 0 Å². The number of fused-ring (bicyclic) bond motifs is 1. The monoisotopic (exact) mass is 468 g/mol. The number of hydrogen-bond acceptors (Lipinski definition) is 7. The molecule has 0 saturated heterocycles. The zero-order valence-electron chi connectivity index (χ0n) is 19.5. The van der Waals surface area contributed by atoms with Crippen molar-refractivity contribution >= 4 is 23.7 Å². The van der Waals surface area contributed by atoms with Crippen LogP contribution in [-0.4, -0.2) is 62.5 Å². The van der Waals surface area contributed by atoms with Crippen molar-refractivity contribution in [3.05, 3.63) is 58.7 Å². The minimum Gasteiger partial charge on any atom is -0.493 e. The molecule has 0 saturated carbocycles. The molecule has 1 aliphatic heterocycles. The molecule has 0 radical (unpaired) electrons. The molecule has 0 atom stereocenters. The Morgan fingerprint density at radius 1 is 0.941 bits per heavy atom. The van der Waals surface area contributed by atoms with E-state index < -0.39 is 24.4 Å². The van der Waals surface area contributed by atoms with Gasteiger partial charge < -0.3 is 19.5 Å². The van der Waals surface area contributed by atoms with Crippen molar-refractivity contribution in [2.45, 2.75) is 26.2 Å². The van der Waals surface area contributed by atoms with Crippen LogP contribution in [0.25, 0.3) is 0 Å². The number of imide groups is 1. The average molecular weight is 469 g/mol. The molecule has 3 rings (SSSR count). The Hall–Kier alpha value is -3.88. The van der Waals surface area contributed by atoms with E-state index in [1.165, 1.54) is 23.1 Å². The van der Waals surface area contributed by atoms with Gasteiger partial charge in [-0.3, -0.25) is 19.3 Å². The lowest BCUT2D eigenvalue weighted by molar-refractivity contribution is -0.124. The summed E-state index contributed by atoms with van der Waals surface area (Å²) < 4.78 is 15.5. The number of carbonyl (C=O) groups excluding carboxylic acids is 4. The zero-order valence-corrected chi connectivity index (χ0v) is 19.5. The second-order valence-corrected chi connectivity index (χ2v) is 7.74. The number of hydrogen-bond donors (Lipinski definition) is 1. The van der Waals surface area contributed by atoms with Crippen molar-refractivity contribution in [2.75, 3.05) is 33.9 Å². The SMILES string of the molecule is CCCCN1C(=O)c2ccc(C(=O)OCC(=O)NCCc3ccc(OC)c(OC)c3)cc2C1=O. The first-order valence-corrected chi connectivity index (χ1v) is 11.0. The van der Waals surface area contributed by atoms with Gasteiger partial charge in [0.2, 0.25) is 0 Å². The van der Waals surface area contributed by atoms with Crippen LogP contribution < -0.4 is 14.8 Å². The number of carbonyl (C=O) groups is 4. The Labute approximate surface area is 198 Å². The number of unbranched alkanes of at least 4 members (excludes halogenated alkanes) is 1. The van der Waals surface area contributed by atoms with Gasteiger partial charge in [0.1, 0.15) is 0 Å². The van der Waals surface area contributed by atoms with Gasteiger partial charge in [-0.1, -0.05) is 19.4 Å². The Morgan fingerprint density at radius 3 is 2.38 bits per heavy atom.